The van der Waals surface area contributed by atoms with E-state index in [9.17, 15) is 13.9 Å². The van der Waals surface area contributed by atoms with E-state index in [1.807, 2.05) is 0 Å². The molecule has 0 unspecified atom stereocenters. The minimum absolute atomic E-state index is 0.00930. The number of hydrogen-bond donors (Lipinski definition) is 1. The molecule has 2 rings (SSSR count). The van der Waals surface area contributed by atoms with E-state index in [1.54, 1.807) is 31.2 Å². The molecule has 0 aliphatic heterocycles. The van der Waals surface area contributed by atoms with E-state index in [4.69, 9.17) is 4.74 Å². The Morgan fingerprint density at radius 2 is 1.95 bits per heavy atom. The van der Waals surface area contributed by atoms with Gasteiger partial charge in [-0.1, -0.05) is 12.1 Å². The number of hydrogen-bond acceptors (Lipinski definition) is 2. The van der Waals surface area contributed by atoms with Crippen molar-refractivity contribution < 1.29 is 18.6 Å². The minimum atomic E-state index is -0.633. The Labute approximate surface area is 110 Å². The number of rotatable bonds is 4. The zero-order chi connectivity index (χ0) is 13.8. The highest BCUT2D eigenvalue weighted by atomic mass is 19.1. The Balaban J connectivity index is 2.08. The zero-order valence-electron chi connectivity index (χ0n) is 10.4. The van der Waals surface area contributed by atoms with Crippen molar-refractivity contribution in [1.82, 2.24) is 0 Å². The van der Waals surface area contributed by atoms with Crippen molar-refractivity contribution in [2.75, 3.05) is 0 Å². The normalized spacial score (nSPS) is 12.2. The Morgan fingerprint density at radius 1 is 1.16 bits per heavy atom. The maximum Gasteiger partial charge on any atom is 0.132 e. The van der Waals surface area contributed by atoms with E-state index >= 15 is 0 Å². The van der Waals surface area contributed by atoms with E-state index in [0.29, 0.717) is 5.75 Å². The van der Waals surface area contributed by atoms with Crippen molar-refractivity contribution in [3.8, 4) is 5.75 Å². The fourth-order valence-corrected chi connectivity index (χ4v) is 1.66. The molecule has 1 atom stereocenters. The average Bonchev–Trinajstić information content (AvgIpc) is 2.38. The fraction of sp³-hybridized carbons (Fsp3) is 0.200. The van der Waals surface area contributed by atoms with Gasteiger partial charge < -0.3 is 9.84 Å². The molecule has 0 spiro atoms. The van der Waals surface area contributed by atoms with Gasteiger partial charge in [-0.3, -0.25) is 0 Å². The summed E-state index contributed by atoms with van der Waals surface area (Å²) in [7, 11) is 0. The van der Waals surface area contributed by atoms with Gasteiger partial charge in [0.1, 0.15) is 24.0 Å². The summed E-state index contributed by atoms with van der Waals surface area (Å²) in [5.74, 6) is -0.717. The molecule has 0 aliphatic rings. The largest absolute Gasteiger partial charge is 0.489 e. The Hall–Kier alpha value is -1.94. The Bertz CT molecular complexity index is 568. The second kappa shape index (κ2) is 5.80. The van der Waals surface area contributed by atoms with E-state index in [1.165, 1.54) is 12.1 Å². The van der Waals surface area contributed by atoms with Gasteiger partial charge in [0.15, 0.2) is 0 Å². The van der Waals surface area contributed by atoms with Crippen molar-refractivity contribution in [2.24, 2.45) is 0 Å². The van der Waals surface area contributed by atoms with Crippen LogP contribution in [-0.2, 0) is 6.61 Å². The lowest BCUT2D eigenvalue weighted by Gasteiger charge is -2.10. The average molecular weight is 264 g/mol. The third kappa shape index (κ3) is 3.51. The summed E-state index contributed by atoms with van der Waals surface area (Å²) in [5.41, 5.74) is 1.00. The topological polar surface area (TPSA) is 29.5 Å². The molecule has 2 aromatic rings. The maximum absolute atomic E-state index is 13.4. The fourth-order valence-electron chi connectivity index (χ4n) is 1.66. The van der Waals surface area contributed by atoms with Crippen molar-refractivity contribution in [3.05, 3.63) is 65.2 Å². The molecular formula is C15H14F2O2. The van der Waals surface area contributed by atoms with Gasteiger partial charge >= 0.3 is 0 Å². The molecule has 2 aromatic carbocycles. The summed E-state index contributed by atoms with van der Waals surface area (Å²) in [6, 6.07) is 10.3. The van der Waals surface area contributed by atoms with Crippen LogP contribution in [0.3, 0.4) is 0 Å². The molecule has 0 aromatic heterocycles. The standard InChI is InChI=1S/C15H14F2O2/c1-10(18)11-3-2-4-14(7-11)19-9-12-5-6-13(16)8-15(12)17/h2-8,10,18H,9H2,1H3/t10-/m1/s1. The maximum atomic E-state index is 13.4. The van der Waals surface area contributed by atoms with Crippen LogP contribution >= 0.6 is 0 Å². The first kappa shape index (κ1) is 13.5. The number of benzene rings is 2. The van der Waals surface area contributed by atoms with E-state index in [0.717, 1.165) is 11.6 Å². The summed E-state index contributed by atoms with van der Waals surface area (Å²) in [5, 5.41) is 9.45. The first-order chi connectivity index (χ1) is 9.06. The molecule has 0 fully saturated rings. The SMILES string of the molecule is C[C@@H](O)c1cccc(OCc2ccc(F)cc2F)c1. The van der Waals surface area contributed by atoms with Crippen LogP contribution in [0, 0.1) is 11.6 Å². The van der Waals surface area contributed by atoms with Crippen molar-refractivity contribution >= 4 is 0 Å². The van der Waals surface area contributed by atoms with Gasteiger partial charge in [-0.05, 0) is 36.8 Å². The molecule has 0 aliphatic carbocycles. The Morgan fingerprint density at radius 3 is 2.63 bits per heavy atom. The predicted molar refractivity (Wildman–Crippen MR) is 67.8 cm³/mol. The van der Waals surface area contributed by atoms with Gasteiger partial charge in [0, 0.05) is 11.6 Å². The highest BCUT2D eigenvalue weighted by molar-refractivity contribution is 5.30. The highest BCUT2D eigenvalue weighted by Crippen LogP contribution is 2.20. The van der Waals surface area contributed by atoms with Crippen LogP contribution in [0.25, 0.3) is 0 Å². The molecule has 1 N–H and O–H groups in total. The van der Waals surface area contributed by atoms with Gasteiger partial charge in [-0.25, -0.2) is 8.78 Å². The Kier molecular flexibility index (Phi) is 4.12. The first-order valence-corrected chi connectivity index (χ1v) is 5.91. The zero-order valence-corrected chi connectivity index (χ0v) is 10.4. The molecular weight excluding hydrogens is 250 g/mol. The summed E-state index contributed by atoms with van der Waals surface area (Å²) in [6.07, 6.45) is -0.592. The lowest BCUT2D eigenvalue weighted by atomic mass is 10.1. The molecule has 0 bridgehead atoms. The van der Waals surface area contributed by atoms with Crippen LogP contribution in [0.4, 0.5) is 8.78 Å². The molecule has 0 heterocycles. The van der Waals surface area contributed by atoms with Crippen molar-refractivity contribution in [3.63, 3.8) is 0 Å². The summed E-state index contributed by atoms with van der Waals surface area (Å²) >= 11 is 0. The molecule has 0 amide bonds. The van der Waals surface area contributed by atoms with Crippen LogP contribution in [-0.4, -0.2) is 5.11 Å². The van der Waals surface area contributed by atoms with Crippen LogP contribution in [0.15, 0.2) is 42.5 Å². The van der Waals surface area contributed by atoms with Gasteiger partial charge in [0.05, 0.1) is 6.10 Å². The third-order valence-electron chi connectivity index (χ3n) is 2.75. The molecule has 0 saturated heterocycles. The van der Waals surface area contributed by atoms with Crippen LogP contribution in [0.1, 0.15) is 24.2 Å². The van der Waals surface area contributed by atoms with Gasteiger partial charge in [-0.2, -0.15) is 0 Å². The number of ether oxygens (including phenoxy) is 1. The van der Waals surface area contributed by atoms with Crippen LogP contribution < -0.4 is 4.74 Å². The molecule has 0 radical (unpaired) electrons. The second-order valence-corrected chi connectivity index (χ2v) is 4.27. The van der Waals surface area contributed by atoms with Crippen molar-refractivity contribution in [1.29, 1.82) is 0 Å². The minimum Gasteiger partial charge on any atom is -0.489 e. The first-order valence-electron chi connectivity index (χ1n) is 5.91. The lowest BCUT2D eigenvalue weighted by Crippen LogP contribution is -2.00. The number of aliphatic hydroxyl groups excluding tert-OH is 1. The van der Waals surface area contributed by atoms with E-state index in [-0.39, 0.29) is 12.2 Å². The molecule has 19 heavy (non-hydrogen) atoms. The van der Waals surface area contributed by atoms with Gasteiger partial charge in [0.25, 0.3) is 0 Å². The smallest absolute Gasteiger partial charge is 0.132 e. The summed E-state index contributed by atoms with van der Waals surface area (Å²) in [6.45, 7) is 1.66. The van der Waals surface area contributed by atoms with E-state index in [2.05, 4.69) is 0 Å². The number of aliphatic hydroxyl groups is 1. The molecule has 100 valence electrons. The van der Waals surface area contributed by atoms with Crippen LogP contribution in [0.5, 0.6) is 5.75 Å². The number of halogens is 2. The monoisotopic (exact) mass is 264 g/mol. The van der Waals surface area contributed by atoms with Gasteiger partial charge in [-0.15, -0.1) is 0 Å². The van der Waals surface area contributed by atoms with Gasteiger partial charge in [0.2, 0.25) is 0 Å². The third-order valence-corrected chi connectivity index (χ3v) is 2.75. The summed E-state index contributed by atoms with van der Waals surface area (Å²) < 4.78 is 31.6. The summed E-state index contributed by atoms with van der Waals surface area (Å²) in [4.78, 5) is 0. The quantitative estimate of drug-likeness (QED) is 0.914. The second-order valence-electron chi connectivity index (χ2n) is 4.27. The van der Waals surface area contributed by atoms with Crippen molar-refractivity contribution in [2.45, 2.75) is 19.6 Å². The lowest BCUT2D eigenvalue weighted by molar-refractivity contribution is 0.198. The van der Waals surface area contributed by atoms with E-state index < -0.39 is 17.7 Å². The molecule has 2 nitrogen and oxygen atoms in total. The highest BCUT2D eigenvalue weighted by Gasteiger charge is 2.06. The predicted octanol–water partition coefficient (Wildman–Crippen LogP) is 3.60. The van der Waals surface area contributed by atoms with Crippen LogP contribution in [0.2, 0.25) is 0 Å². The molecule has 4 heteroatoms. The molecule has 0 saturated carbocycles.